The van der Waals surface area contributed by atoms with Gasteiger partial charge in [0.2, 0.25) is 0 Å². The Morgan fingerprint density at radius 3 is 2.76 bits per heavy atom. The average Bonchev–Trinajstić information content (AvgIpc) is 2.92. The molecule has 1 heterocycles. The Bertz CT molecular complexity index is 779. The van der Waals surface area contributed by atoms with E-state index in [0.29, 0.717) is 12.2 Å². The Kier molecular flexibility index (Phi) is 3.97. The molecule has 4 heteroatoms. The first-order valence-corrected chi connectivity index (χ1v) is 7.67. The fourth-order valence-electron chi connectivity index (χ4n) is 2.20. The van der Waals surface area contributed by atoms with Crippen LogP contribution in [0.25, 0.3) is 10.8 Å². The lowest BCUT2D eigenvalue weighted by atomic mass is 10.1. The van der Waals surface area contributed by atoms with Crippen molar-refractivity contribution < 1.29 is 9.53 Å². The zero-order valence-electron chi connectivity index (χ0n) is 11.7. The van der Waals surface area contributed by atoms with Crippen molar-refractivity contribution in [1.82, 2.24) is 4.98 Å². The monoisotopic (exact) mass is 297 g/mol. The van der Waals surface area contributed by atoms with Crippen LogP contribution in [0.4, 0.5) is 0 Å². The van der Waals surface area contributed by atoms with Crippen molar-refractivity contribution in [2.75, 3.05) is 6.61 Å². The van der Waals surface area contributed by atoms with Crippen LogP contribution in [0.3, 0.4) is 0 Å². The Hall–Kier alpha value is -2.20. The number of benzene rings is 2. The molecule has 0 aliphatic rings. The highest BCUT2D eigenvalue weighted by atomic mass is 32.1. The molecule has 0 amide bonds. The van der Waals surface area contributed by atoms with Crippen LogP contribution in [-0.4, -0.2) is 17.6 Å². The molecule has 0 aliphatic heterocycles. The predicted molar refractivity (Wildman–Crippen MR) is 84.8 cm³/mol. The van der Waals surface area contributed by atoms with E-state index < -0.39 is 0 Å². The molecular formula is C17H15NO2S. The second-order valence-electron chi connectivity index (χ2n) is 4.81. The van der Waals surface area contributed by atoms with E-state index in [-0.39, 0.29) is 5.97 Å². The van der Waals surface area contributed by atoms with Crippen LogP contribution in [-0.2, 0) is 11.2 Å². The van der Waals surface area contributed by atoms with Crippen LogP contribution in [0.2, 0.25) is 0 Å². The molecule has 3 nitrogen and oxygen atoms in total. The van der Waals surface area contributed by atoms with E-state index in [1.54, 1.807) is 11.3 Å². The third kappa shape index (κ3) is 3.11. The summed E-state index contributed by atoms with van der Waals surface area (Å²) in [5.74, 6) is -0.275. The van der Waals surface area contributed by atoms with Gasteiger partial charge in [0, 0.05) is 11.3 Å². The van der Waals surface area contributed by atoms with Crippen molar-refractivity contribution in [3.63, 3.8) is 0 Å². The third-order valence-electron chi connectivity index (χ3n) is 3.39. The highest BCUT2D eigenvalue weighted by Gasteiger charge is 2.09. The molecule has 3 rings (SSSR count). The van der Waals surface area contributed by atoms with Crippen LogP contribution in [0.1, 0.15) is 20.9 Å². The van der Waals surface area contributed by atoms with Gasteiger partial charge in [-0.2, -0.15) is 0 Å². The fourth-order valence-corrected chi connectivity index (χ4v) is 2.96. The zero-order chi connectivity index (χ0) is 14.7. The highest BCUT2D eigenvalue weighted by molar-refractivity contribution is 7.09. The van der Waals surface area contributed by atoms with Crippen LogP contribution in [0, 0.1) is 6.92 Å². The van der Waals surface area contributed by atoms with E-state index in [1.807, 2.05) is 54.9 Å². The number of esters is 1. The number of carbonyl (C=O) groups is 1. The van der Waals surface area contributed by atoms with Gasteiger partial charge >= 0.3 is 5.97 Å². The summed E-state index contributed by atoms with van der Waals surface area (Å²) in [6, 6.07) is 13.6. The summed E-state index contributed by atoms with van der Waals surface area (Å²) in [5, 5.41) is 2.17. The Morgan fingerprint density at radius 1 is 1.19 bits per heavy atom. The molecule has 0 bridgehead atoms. The largest absolute Gasteiger partial charge is 0.462 e. The van der Waals surface area contributed by atoms with Gasteiger partial charge in [0.25, 0.3) is 0 Å². The number of rotatable bonds is 4. The summed E-state index contributed by atoms with van der Waals surface area (Å²) >= 11 is 1.60. The van der Waals surface area contributed by atoms with E-state index in [2.05, 4.69) is 4.98 Å². The number of nitrogens with zero attached hydrogens (tertiary/aromatic N) is 1. The Morgan fingerprint density at radius 2 is 2.00 bits per heavy atom. The van der Waals surface area contributed by atoms with E-state index in [1.165, 1.54) is 4.88 Å². The standard InChI is InChI=1S/C17H15NO2S/c1-12-16(21-11-18-12)8-9-20-17(19)15-7-6-13-4-2-3-5-14(13)10-15/h2-7,10-11H,8-9H2,1H3. The lowest BCUT2D eigenvalue weighted by Crippen LogP contribution is -2.08. The van der Waals surface area contributed by atoms with Gasteiger partial charge in [-0.25, -0.2) is 9.78 Å². The van der Waals surface area contributed by atoms with Crippen molar-refractivity contribution in [1.29, 1.82) is 0 Å². The second-order valence-corrected chi connectivity index (χ2v) is 5.75. The van der Waals surface area contributed by atoms with Crippen molar-refractivity contribution in [2.24, 2.45) is 0 Å². The zero-order valence-corrected chi connectivity index (χ0v) is 12.5. The van der Waals surface area contributed by atoms with Gasteiger partial charge in [-0.1, -0.05) is 30.3 Å². The van der Waals surface area contributed by atoms with Gasteiger partial charge in [0.05, 0.1) is 23.4 Å². The summed E-state index contributed by atoms with van der Waals surface area (Å²) in [5.41, 5.74) is 3.42. The van der Waals surface area contributed by atoms with Crippen LogP contribution in [0.15, 0.2) is 48.0 Å². The summed E-state index contributed by atoms with van der Waals surface area (Å²) in [6.45, 7) is 2.35. The number of aryl methyl sites for hydroxylation is 1. The quantitative estimate of drug-likeness (QED) is 0.683. The molecule has 0 saturated carbocycles. The molecule has 1 aromatic heterocycles. The first kappa shape index (κ1) is 13.8. The number of aromatic nitrogens is 1. The minimum atomic E-state index is -0.275. The summed E-state index contributed by atoms with van der Waals surface area (Å²) in [7, 11) is 0. The van der Waals surface area contributed by atoms with Gasteiger partial charge in [0.15, 0.2) is 0 Å². The molecule has 0 saturated heterocycles. The van der Waals surface area contributed by atoms with Crippen molar-refractivity contribution in [3.8, 4) is 0 Å². The number of hydrogen-bond acceptors (Lipinski definition) is 4. The number of thiazole rings is 1. The second kappa shape index (κ2) is 6.06. The Labute approximate surface area is 127 Å². The van der Waals surface area contributed by atoms with Crippen LogP contribution >= 0.6 is 11.3 Å². The summed E-state index contributed by atoms with van der Waals surface area (Å²) < 4.78 is 5.35. The lowest BCUT2D eigenvalue weighted by Gasteiger charge is -2.05. The highest BCUT2D eigenvalue weighted by Crippen LogP contribution is 2.17. The van der Waals surface area contributed by atoms with E-state index in [9.17, 15) is 4.79 Å². The van der Waals surface area contributed by atoms with Gasteiger partial charge in [0.1, 0.15) is 0 Å². The first-order chi connectivity index (χ1) is 10.2. The summed E-state index contributed by atoms with van der Waals surface area (Å²) in [6.07, 6.45) is 0.718. The minimum absolute atomic E-state index is 0.275. The van der Waals surface area contributed by atoms with Gasteiger partial charge < -0.3 is 4.74 Å². The molecular weight excluding hydrogens is 282 g/mol. The molecule has 3 aromatic rings. The third-order valence-corrected chi connectivity index (χ3v) is 4.39. The maximum atomic E-state index is 12.1. The summed E-state index contributed by atoms with van der Waals surface area (Å²) in [4.78, 5) is 17.4. The van der Waals surface area contributed by atoms with E-state index in [0.717, 1.165) is 22.9 Å². The normalized spacial score (nSPS) is 10.7. The minimum Gasteiger partial charge on any atom is -0.462 e. The molecule has 0 aliphatic carbocycles. The molecule has 21 heavy (non-hydrogen) atoms. The van der Waals surface area contributed by atoms with Gasteiger partial charge in [-0.15, -0.1) is 11.3 Å². The molecule has 0 atom stereocenters. The number of ether oxygens (including phenoxy) is 1. The smallest absolute Gasteiger partial charge is 0.338 e. The van der Waals surface area contributed by atoms with Gasteiger partial charge in [-0.3, -0.25) is 0 Å². The average molecular weight is 297 g/mol. The molecule has 2 aromatic carbocycles. The van der Waals surface area contributed by atoms with Crippen molar-refractivity contribution >= 4 is 28.1 Å². The lowest BCUT2D eigenvalue weighted by molar-refractivity contribution is 0.0510. The van der Waals surface area contributed by atoms with E-state index in [4.69, 9.17) is 4.74 Å². The fraction of sp³-hybridized carbons (Fsp3) is 0.176. The molecule has 106 valence electrons. The van der Waals surface area contributed by atoms with Crippen molar-refractivity contribution in [3.05, 3.63) is 64.1 Å². The van der Waals surface area contributed by atoms with Crippen LogP contribution in [0.5, 0.6) is 0 Å². The number of carbonyl (C=O) groups excluding carboxylic acids is 1. The van der Waals surface area contributed by atoms with E-state index >= 15 is 0 Å². The molecule has 0 spiro atoms. The topological polar surface area (TPSA) is 39.2 Å². The first-order valence-electron chi connectivity index (χ1n) is 6.79. The Balaban J connectivity index is 1.65. The maximum absolute atomic E-state index is 12.1. The molecule has 0 radical (unpaired) electrons. The predicted octanol–water partition coefficient (Wildman–Crippen LogP) is 4.00. The number of fused-ring (bicyclic) bond motifs is 1. The molecule has 0 unspecified atom stereocenters. The number of hydrogen-bond donors (Lipinski definition) is 0. The molecule has 0 fully saturated rings. The van der Waals surface area contributed by atoms with Crippen molar-refractivity contribution in [2.45, 2.75) is 13.3 Å². The van der Waals surface area contributed by atoms with Crippen LogP contribution < -0.4 is 0 Å². The molecule has 0 N–H and O–H groups in total. The SMILES string of the molecule is Cc1ncsc1CCOC(=O)c1ccc2ccccc2c1. The van der Waals surface area contributed by atoms with Gasteiger partial charge in [-0.05, 0) is 29.8 Å². The maximum Gasteiger partial charge on any atom is 0.338 e.